The fraction of sp³-hybridized carbons (Fsp3) is 0.100. The molecule has 1 amide bonds. The Labute approximate surface area is 140 Å². The fourth-order valence-corrected chi connectivity index (χ4v) is 2.33. The van der Waals surface area contributed by atoms with Crippen molar-refractivity contribution in [1.82, 2.24) is 5.43 Å². The Morgan fingerprint density at radius 1 is 0.958 bits per heavy atom. The van der Waals surface area contributed by atoms with Gasteiger partial charge >= 0.3 is 0 Å². The molecule has 0 saturated carbocycles. The van der Waals surface area contributed by atoms with Crippen molar-refractivity contribution in [3.63, 3.8) is 0 Å². The zero-order valence-electron chi connectivity index (χ0n) is 13.4. The monoisotopic (exact) mass is 318 g/mol. The predicted molar refractivity (Wildman–Crippen MR) is 96.2 cm³/mol. The molecule has 3 rings (SSSR count). The van der Waals surface area contributed by atoms with E-state index in [0.29, 0.717) is 5.75 Å². The maximum atomic E-state index is 11.9. The molecule has 4 nitrogen and oxygen atoms in total. The Bertz CT molecular complexity index is 873. The number of benzene rings is 3. The number of amides is 1. The summed E-state index contributed by atoms with van der Waals surface area (Å²) in [6.45, 7) is 1.77. The molecular weight excluding hydrogens is 300 g/mol. The van der Waals surface area contributed by atoms with Crippen LogP contribution >= 0.6 is 0 Å². The first-order valence-corrected chi connectivity index (χ1v) is 7.72. The number of hydrazone groups is 1. The molecule has 0 aliphatic carbocycles. The fourth-order valence-electron chi connectivity index (χ4n) is 2.33. The van der Waals surface area contributed by atoms with Gasteiger partial charge in [-0.3, -0.25) is 4.79 Å². The highest BCUT2D eigenvalue weighted by Crippen LogP contribution is 2.20. The molecule has 1 N–H and O–H groups in total. The van der Waals surface area contributed by atoms with Gasteiger partial charge in [-0.2, -0.15) is 5.10 Å². The summed E-state index contributed by atoms with van der Waals surface area (Å²) in [7, 11) is 0. The SMILES string of the molecule is C/C(=N/NC(=O)COc1ccc2ccccc2c1)c1ccccc1. The minimum atomic E-state index is -0.293. The van der Waals surface area contributed by atoms with E-state index in [1.165, 1.54) is 0 Å². The van der Waals surface area contributed by atoms with E-state index in [0.717, 1.165) is 22.0 Å². The summed E-state index contributed by atoms with van der Waals surface area (Å²) >= 11 is 0. The van der Waals surface area contributed by atoms with Crippen LogP contribution < -0.4 is 10.2 Å². The molecule has 0 aliphatic heterocycles. The van der Waals surface area contributed by atoms with Gasteiger partial charge in [0, 0.05) is 0 Å². The molecule has 0 fully saturated rings. The first-order chi connectivity index (χ1) is 11.7. The van der Waals surface area contributed by atoms with Crippen LogP contribution in [0.25, 0.3) is 10.8 Å². The lowest BCUT2D eigenvalue weighted by Gasteiger charge is -2.07. The van der Waals surface area contributed by atoms with Gasteiger partial charge in [0.25, 0.3) is 5.91 Å². The number of carbonyl (C=O) groups is 1. The topological polar surface area (TPSA) is 50.7 Å². The van der Waals surface area contributed by atoms with Crippen LogP contribution in [0.4, 0.5) is 0 Å². The largest absolute Gasteiger partial charge is 0.484 e. The lowest BCUT2D eigenvalue weighted by atomic mass is 10.1. The van der Waals surface area contributed by atoms with Crippen molar-refractivity contribution in [3.05, 3.63) is 78.4 Å². The molecule has 0 aromatic heterocycles. The van der Waals surface area contributed by atoms with Gasteiger partial charge in [-0.15, -0.1) is 0 Å². The normalized spacial score (nSPS) is 11.3. The van der Waals surface area contributed by atoms with E-state index in [9.17, 15) is 4.79 Å². The van der Waals surface area contributed by atoms with Crippen LogP contribution in [0.3, 0.4) is 0 Å². The van der Waals surface area contributed by atoms with Crippen molar-refractivity contribution in [2.75, 3.05) is 6.61 Å². The van der Waals surface area contributed by atoms with E-state index in [2.05, 4.69) is 10.5 Å². The Balaban J connectivity index is 1.57. The van der Waals surface area contributed by atoms with Crippen molar-refractivity contribution in [2.24, 2.45) is 5.10 Å². The Morgan fingerprint density at radius 3 is 2.46 bits per heavy atom. The number of hydrogen-bond acceptors (Lipinski definition) is 3. The number of ether oxygens (including phenoxy) is 1. The Kier molecular flexibility index (Phi) is 4.87. The van der Waals surface area contributed by atoms with E-state index in [-0.39, 0.29) is 12.5 Å². The second kappa shape index (κ2) is 7.42. The van der Waals surface area contributed by atoms with Crippen LogP contribution in [-0.2, 0) is 4.79 Å². The maximum Gasteiger partial charge on any atom is 0.277 e. The smallest absolute Gasteiger partial charge is 0.277 e. The molecule has 0 heterocycles. The highest BCUT2D eigenvalue weighted by atomic mass is 16.5. The minimum Gasteiger partial charge on any atom is -0.484 e. The number of nitrogens with one attached hydrogen (secondary N) is 1. The van der Waals surface area contributed by atoms with E-state index >= 15 is 0 Å². The maximum absolute atomic E-state index is 11.9. The quantitative estimate of drug-likeness (QED) is 0.575. The van der Waals surface area contributed by atoms with Gasteiger partial charge in [-0.1, -0.05) is 60.7 Å². The highest BCUT2D eigenvalue weighted by molar-refractivity contribution is 5.99. The summed E-state index contributed by atoms with van der Waals surface area (Å²) in [5, 5.41) is 6.31. The van der Waals surface area contributed by atoms with Gasteiger partial charge in [0.15, 0.2) is 6.61 Å². The van der Waals surface area contributed by atoms with Gasteiger partial charge < -0.3 is 4.74 Å². The minimum absolute atomic E-state index is 0.0795. The van der Waals surface area contributed by atoms with Crippen molar-refractivity contribution >= 4 is 22.4 Å². The van der Waals surface area contributed by atoms with Crippen molar-refractivity contribution < 1.29 is 9.53 Å². The number of nitrogens with zero attached hydrogens (tertiary/aromatic N) is 1. The van der Waals surface area contributed by atoms with Gasteiger partial charge in [0.2, 0.25) is 0 Å². The molecule has 0 aliphatic rings. The van der Waals surface area contributed by atoms with Crippen LogP contribution in [0.1, 0.15) is 12.5 Å². The number of carbonyl (C=O) groups excluding carboxylic acids is 1. The van der Waals surface area contributed by atoms with Gasteiger partial charge in [0.05, 0.1) is 5.71 Å². The molecule has 120 valence electrons. The van der Waals surface area contributed by atoms with E-state index in [1.54, 1.807) is 0 Å². The van der Waals surface area contributed by atoms with Crippen molar-refractivity contribution in [3.8, 4) is 5.75 Å². The number of rotatable bonds is 5. The van der Waals surface area contributed by atoms with Crippen LogP contribution in [-0.4, -0.2) is 18.2 Å². The summed E-state index contributed by atoms with van der Waals surface area (Å²) in [6.07, 6.45) is 0. The molecule has 0 saturated heterocycles. The summed E-state index contributed by atoms with van der Waals surface area (Å²) < 4.78 is 5.53. The first kappa shape index (κ1) is 15.7. The van der Waals surface area contributed by atoms with Crippen LogP contribution in [0, 0.1) is 0 Å². The van der Waals surface area contributed by atoms with Crippen molar-refractivity contribution in [1.29, 1.82) is 0 Å². The second-order valence-electron chi connectivity index (χ2n) is 5.40. The zero-order valence-corrected chi connectivity index (χ0v) is 13.4. The Hall–Kier alpha value is -3.14. The summed E-state index contributed by atoms with van der Waals surface area (Å²) in [6, 6.07) is 23.4. The molecule has 3 aromatic carbocycles. The van der Waals surface area contributed by atoms with E-state index < -0.39 is 0 Å². The summed E-state index contributed by atoms with van der Waals surface area (Å²) in [5.41, 5.74) is 4.22. The molecule has 0 spiro atoms. The lowest BCUT2D eigenvalue weighted by molar-refractivity contribution is -0.123. The van der Waals surface area contributed by atoms with Gasteiger partial charge in [0.1, 0.15) is 5.75 Å². The molecule has 4 heteroatoms. The number of hydrogen-bond donors (Lipinski definition) is 1. The van der Waals surface area contributed by atoms with Gasteiger partial charge in [-0.05, 0) is 35.4 Å². The molecule has 0 unspecified atom stereocenters. The third-order valence-corrected chi connectivity index (χ3v) is 3.63. The lowest BCUT2D eigenvalue weighted by Crippen LogP contribution is -2.25. The predicted octanol–water partition coefficient (Wildman–Crippen LogP) is 3.76. The number of fused-ring (bicyclic) bond motifs is 1. The standard InChI is InChI=1S/C20H18N2O2/c1-15(16-7-3-2-4-8-16)21-22-20(23)14-24-19-12-11-17-9-5-6-10-18(17)13-19/h2-13H,14H2,1H3,(H,22,23)/b21-15-. The molecule has 0 radical (unpaired) electrons. The van der Waals surface area contributed by atoms with Crippen LogP contribution in [0.15, 0.2) is 77.9 Å². The third-order valence-electron chi connectivity index (χ3n) is 3.63. The first-order valence-electron chi connectivity index (χ1n) is 7.72. The average Bonchev–Trinajstić information content (AvgIpc) is 2.65. The van der Waals surface area contributed by atoms with Gasteiger partial charge in [-0.25, -0.2) is 5.43 Å². The van der Waals surface area contributed by atoms with E-state index in [4.69, 9.17) is 4.74 Å². The second-order valence-corrected chi connectivity index (χ2v) is 5.40. The molecule has 24 heavy (non-hydrogen) atoms. The van der Waals surface area contributed by atoms with Crippen molar-refractivity contribution in [2.45, 2.75) is 6.92 Å². The highest BCUT2D eigenvalue weighted by Gasteiger charge is 2.03. The molecule has 0 bridgehead atoms. The van der Waals surface area contributed by atoms with Crippen LogP contribution in [0.5, 0.6) is 5.75 Å². The summed E-state index contributed by atoms with van der Waals surface area (Å²) in [5.74, 6) is 0.367. The van der Waals surface area contributed by atoms with E-state index in [1.807, 2.05) is 79.7 Å². The Morgan fingerprint density at radius 2 is 1.67 bits per heavy atom. The average molecular weight is 318 g/mol. The molecule has 3 aromatic rings. The van der Waals surface area contributed by atoms with Crippen LogP contribution in [0.2, 0.25) is 0 Å². The zero-order chi connectivity index (χ0) is 16.8. The third kappa shape index (κ3) is 3.98. The molecule has 0 atom stereocenters. The summed E-state index contributed by atoms with van der Waals surface area (Å²) in [4.78, 5) is 11.9. The molecular formula is C20H18N2O2.